The van der Waals surface area contributed by atoms with Gasteiger partial charge in [0.1, 0.15) is 25.0 Å². The van der Waals surface area contributed by atoms with E-state index in [-0.39, 0.29) is 17.6 Å². The number of oxime groups is 1. The molecule has 9 heteroatoms. The van der Waals surface area contributed by atoms with Crippen LogP contribution in [0.25, 0.3) is 0 Å². The zero-order chi connectivity index (χ0) is 16.8. The van der Waals surface area contributed by atoms with Crippen molar-refractivity contribution in [1.82, 2.24) is 14.9 Å². The number of carboxylic acids is 1. The number of anilines is 1. The van der Waals surface area contributed by atoms with Gasteiger partial charge in [-0.25, -0.2) is 14.8 Å². The van der Waals surface area contributed by atoms with Gasteiger partial charge in [0.25, 0.3) is 5.91 Å². The molecule has 2 heterocycles. The number of carboxylic acid groups (broad SMARTS) is 1. The summed E-state index contributed by atoms with van der Waals surface area (Å²) in [6.45, 7) is 2.79. The van der Waals surface area contributed by atoms with Crippen LogP contribution in [0.1, 0.15) is 30.3 Å². The molecule has 9 nitrogen and oxygen atoms in total. The van der Waals surface area contributed by atoms with E-state index in [4.69, 9.17) is 5.11 Å². The monoisotopic (exact) mass is 321 g/mol. The number of hydrogen-bond acceptors (Lipinski definition) is 7. The minimum absolute atomic E-state index is 0.0542. The van der Waals surface area contributed by atoms with Crippen molar-refractivity contribution >= 4 is 23.4 Å². The van der Waals surface area contributed by atoms with Crippen molar-refractivity contribution in [3.05, 3.63) is 18.1 Å². The molecule has 23 heavy (non-hydrogen) atoms. The second-order valence-electron chi connectivity index (χ2n) is 5.16. The normalized spacial score (nSPS) is 16.1. The van der Waals surface area contributed by atoms with E-state index in [1.807, 2.05) is 0 Å². The van der Waals surface area contributed by atoms with Gasteiger partial charge < -0.3 is 20.2 Å². The maximum atomic E-state index is 12.1. The topological polar surface area (TPSA) is 117 Å². The highest BCUT2D eigenvalue weighted by molar-refractivity contribution is 6.37. The van der Waals surface area contributed by atoms with Gasteiger partial charge in [0.2, 0.25) is 0 Å². The first-order valence-corrected chi connectivity index (χ1v) is 7.20. The van der Waals surface area contributed by atoms with Gasteiger partial charge in [-0.1, -0.05) is 5.16 Å². The molecule has 1 aromatic rings. The number of hydrogen-bond donors (Lipinski definition) is 2. The number of carbonyl (C=O) groups excluding carboxylic acids is 1. The van der Waals surface area contributed by atoms with Gasteiger partial charge in [-0.15, -0.1) is 0 Å². The Labute approximate surface area is 133 Å². The quantitative estimate of drug-likeness (QED) is 0.602. The lowest BCUT2D eigenvalue weighted by Crippen LogP contribution is -2.44. The number of nitrogens with one attached hydrogen (secondary N) is 1. The summed E-state index contributed by atoms with van der Waals surface area (Å²) in [7, 11) is 1.40. The fourth-order valence-electron chi connectivity index (χ4n) is 2.39. The van der Waals surface area contributed by atoms with Crippen LogP contribution in [0, 0.1) is 0 Å². The Hall–Kier alpha value is -2.71. The Morgan fingerprint density at radius 2 is 2.09 bits per heavy atom. The van der Waals surface area contributed by atoms with E-state index in [1.54, 1.807) is 11.8 Å². The average molecular weight is 321 g/mol. The summed E-state index contributed by atoms with van der Waals surface area (Å²) in [5.74, 6) is -0.761. The molecule has 0 saturated carbocycles. The van der Waals surface area contributed by atoms with Crippen molar-refractivity contribution in [1.29, 1.82) is 0 Å². The summed E-state index contributed by atoms with van der Waals surface area (Å²) in [6.07, 6.45) is 2.69. The molecule has 2 rings (SSSR count). The van der Waals surface area contributed by atoms with Crippen LogP contribution < -0.4 is 5.32 Å². The van der Waals surface area contributed by atoms with E-state index in [2.05, 4.69) is 25.3 Å². The summed E-state index contributed by atoms with van der Waals surface area (Å²) in [4.78, 5) is 37.0. The third kappa shape index (κ3) is 4.38. The minimum Gasteiger partial charge on any atom is -0.477 e. The number of piperidine rings is 1. The largest absolute Gasteiger partial charge is 0.477 e. The molecule has 0 aromatic carbocycles. The Bertz CT molecular complexity index is 611. The predicted octanol–water partition coefficient (Wildman–Crippen LogP) is 0.600. The molecular weight excluding hydrogens is 302 g/mol. The molecular formula is C14H19N5O4. The second-order valence-corrected chi connectivity index (χ2v) is 5.16. The Kier molecular flexibility index (Phi) is 5.45. The number of aromatic carboxylic acids is 1. The summed E-state index contributed by atoms with van der Waals surface area (Å²) in [5, 5.41) is 15.8. The van der Waals surface area contributed by atoms with Crippen LogP contribution in [0.3, 0.4) is 0 Å². The number of likely N-dealkylation sites (tertiary alicyclic amines) is 1. The van der Waals surface area contributed by atoms with Crippen molar-refractivity contribution in [3.63, 3.8) is 0 Å². The van der Waals surface area contributed by atoms with Gasteiger partial charge >= 0.3 is 5.97 Å². The third-order valence-corrected chi connectivity index (χ3v) is 3.56. The van der Waals surface area contributed by atoms with Gasteiger partial charge in [-0.3, -0.25) is 4.79 Å². The van der Waals surface area contributed by atoms with Crippen LogP contribution in [0.2, 0.25) is 0 Å². The van der Waals surface area contributed by atoms with E-state index < -0.39 is 5.97 Å². The minimum atomic E-state index is -1.09. The second kappa shape index (κ2) is 7.52. The first-order chi connectivity index (χ1) is 11.0. The molecule has 1 aliphatic heterocycles. The lowest BCUT2D eigenvalue weighted by molar-refractivity contribution is -0.125. The molecule has 1 aromatic heterocycles. The smallest absolute Gasteiger partial charge is 0.354 e. The molecule has 0 atom stereocenters. The fourth-order valence-corrected chi connectivity index (χ4v) is 2.39. The zero-order valence-electron chi connectivity index (χ0n) is 13.0. The van der Waals surface area contributed by atoms with Gasteiger partial charge in [0.15, 0.2) is 5.69 Å². The Balaban J connectivity index is 1.90. The zero-order valence-corrected chi connectivity index (χ0v) is 13.0. The van der Waals surface area contributed by atoms with Crippen LogP contribution in [0.4, 0.5) is 5.82 Å². The molecule has 0 unspecified atom stereocenters. The lowest BCUT2D eigenvalue weighted by Gasteiger charge is -2.32. The van der Waals surface area contributed by atoms with Gasteiger partial charge in [-0.05, 0) is 19.8 Å². The van der Waals surface area contributed by atoms with Gasteiger partial charge in [0, 0.05) is 25.2 Å². The van der Waals surface area contributed by atoms with Crippen LogP contribution in [0.5, 0.6) is 0 Å². The first-order valence-electron chi connectivity index (χ1n) is 7.20. The highest BCUT2D eigenvalue weighted by Gasteiger charge is 2.24. The summed E-state index contributed by atoms with van der Waals surface area (Å²) in [6, 6.07) is 1.52. The molecule has 1 aliphatic rings. The number of nitrogens with zero attached hydrogens (tertiary/aromatic N) is 4. The molecule has 0 bridgehead atoms. The molecule has 124 valence electrons. The van der Waals surface area contributed by atoms with E-state index in [1.165, 1.54) is 19.5 Å². The number of carbonyl (C=O) groups is 2. The molecule has 2 N–H and O–H groups in total. The van der Waals surface area contributed by atoms with Crippen molar-refractivity contribution < 1.29 is 19.5 Å². The molecule has 0 radical (unpaired) electrons. The Morgan fingerprint density at radius 1 is 1.39 bits per heavy atom. The molecule has 0 aliphatic carbocycles. The van der Waals surface area contributed by atoms with Crippen molar-refractivity contribution in [2.45, 2.75) is 25.8 Å². The lowest BCUT2D eigenvalue weighted by atomic mass is 10.0. The van der Waals surface area contributed by atoms with E-state index in [0.29, 0.717) is 24.6 Å². The van der Waals surface area contributed by atoms with E-state index >= 15 is 0 Å². The number of aromatic nitrogens is 2. The van der Waals surface area contributed by atoms with Crippen LogP contribution in [-0.2, 0) is 9.63 Å². The molecule has 1 amide bonds. The number of rotatable bonds is 5. The van der Waals surface area contributed by atoms with Crippen molar-refractivity contribution in [3.8, 4) is 0 Å². The fraction of sp³-hybridized carbons (Fsp3) is 0.500. The maximum Gasteiger partial charge on any atom is 0.354 e. The van der Waals surface area contributed by atoms with Crippen LogP contribution in [-0.4, -0.2) is 63.8 Å². The summed E-state index contributed by atoms with van der Waals surface area (Å²) >= 11 is 0. The van der Waals surface area contributed by atoms with E-state index in [0.717, 1.165) is 12.8 Å². The first kappa shape index (κ1) is 16.7. The third-order valence-electron chi connectivity index (χ3n) is 3.56. The predicted molar refractivity (Wildman–Crippen MR) is 82.3 cm³/mol. The maximum absolute atomic E-state index is 12.1. The summed E-state index contributed by atoms with van der Waals surface area (Å²) in [5.41, 5.74) is 0.266. The summed E-state index contributed by atoms with van der Waals surface area (Å²) < 4.78 is 0. The molecule has 1 saturated heterocycles. The number of amides is 1. The molecule has 1 fully saturated rings. The standard InChI is InChI=1S/C14H19N5O4/c1-9(18-23-2)13(20)19-5-3-10(4-6-19)17-12-7-11(14(21)22)15-8-16-12/h7-8,10H,3-6H2,1-2H3,(H,21,22)(H,15,16,17). The Morgan fingerprint density at radius 3 is 2.70 bits per heavy atom. The van der Waals surface area contributed by atoms with Crippen LogP contribution >= 0.6 is 0 Å². The van der Waals surface area contributed by atoms with Crippen molar-refractivity contribution in [2.75, 3.05) is 25.5 Å². The van der Waals surface area contributed by atoms with E-state index in [9.17, 15) is 9.59 Å². The van der Waals surface area contributed by atoms with Crippen molar-refractivity contribution in [2.24, 2.45) is 5.16 Å². The van der Waals surface area contributed by atoms with Crippen LogP contribution in [0.15, 0.2) is 17.5 Å². The highest BCUT2D eigenvalue weighted by Crippen LogP contribution is 2.16. The SMILES string of the molecule is CON=C(C)C(=O)N1CCC(Nc2cc(C(=O)O)ncn2)CC1. The average Bonchev–Trinajstić information content (AvgIpc) is 2.55. The highest BCUT2D eigenvalue weighted by atomic mass is 16.6. The van der Waals surface area contributed by atoms with Gasteiger partial charge in [-0.2, -0.15) is 0 Å². The molecule has 0 spiro atoms. The van der Waals surface area contributed by atoms with Gasteiger partial charge in [0.05, 0.1) is 0 Å².